The van der Waals surface area contributed by atoms with Crippen LogP contribution >= 0.6 is 34.3 Å². The molecule has 26 heavy (non-hydrogen) atoms. The van der Waals surface area contributed by atoms with Crippen LogP contribution in [0.4, 0.5) is 0 Å². The van der Waals surface area contributed by atoms with Gasteiger partial charge in [0.1, 0.15) is 10.8 Å². The molecule has 3 rings (SSSR count). The van der Waals surface area contributed by atoms with Gasteiger partial charge in [-0.3, -0.25) is 20.4 Å². The van der Waals surface area contributed by atoms with Crippen LogP contribution in [0.15, 0.2) is 40.4 Å². The molecule has 0 spiro atoms. The van der Waals surface area contributed by atoms with E-state index in [0.29, 0.717) is 16.5 Å². The van der Waals surface area contributed by atoms with Gasteiger partial charge in [-0.15, -0.1) is 11.3 Å². The Bertz CT molecular complexity index is 925. The fourth-order valence-electron chi connectivity index (χ4n) is 2.17. The second-order valence-electron chi connectivity index (χ2n) is 5.18. The molecule has 0 saturated carbocycles. The third-order valence-electron chi connectivity index (χ3n) is 3.38. The summed E-state index contributed by atoms with van der Waals surface area (Å²) in [4.78, 5) is 28.7. The molecule has 2 N–H and O–H groups in total. The molecular weight excluding hydrogens is 394 g/mol. The average Bonchev–Trinajstić information content (AvgIpc) is 3.31. The van der Waals surface area contributed by atoms with E-state index in [2.05, 4.69) is 15.8 Å². The maximum Gasteiger partial charge on any atom is 0.273 e. The SMILES string of the molecule is COc1ccc(Cl)cc1C(=O)NNC(=O)Cc1csc(-c2ccsc2)n1. The lowest BCUT2D eigenvalue weighted by atomic mass is 10.2. The number of hydrazine groups is 1. The van der Waals surface area contributed by atoms with Crippen LogP contribution in [0.1, 0.15) is 16.1 Å². The molecule has 2 heterocycles. The van der Waals surface area contributed by atoms with E-state index in [1.165, 1.54) is 24.5 Å². The normalized spacial score (nSPS) is 10.4. The summed E-state index contributed by atoms with van der Waals surface area (Å²) in [5, 5.41) is 7.06. The molecule has 6 nitrogen and oxygen atoms in total. The number of hydrogen-bond acceptors (Lipinski definition) is 6. The highest BCUT2D eigenvalue weighted by molar-refractivity contribution is 7.14. The fourth-order valence-corrected chi connectivity index (χ4v) is 3.87. The molecule has 0 aliphatic heterocycles. The first-order valence-corrected chi connectivity index (χ1v) is 9.66. The third kappa shape index (κ3) is 4.40. The Hall–Kier alpha value is -2.42. The number of ether oxygens (including phenoxy) is 1. The second kappa shape index (κ2) is 8.31. The summed E-state index contributed by atoms with van der Waals surface area (Å²) >= 11 is 8.97. The minimum atomic E-state index is -0.519. The molecular formula is C17H14ClN3O3S2. The van der Waals surface area contributed by atoms with E-state index in [9.17, 15) is 9.59 Å². The van der Waals surface area contributed by atoms with Gasteiger partial charge >= 0.3 is 0 Å². The van der Waals surface area contributed by atoms with Crippen LogP contribution < -0.4 is 15.6 Å². The van der Waals surface area contributed by atoms with Crippen molar-refractivity contribution in [1.82, 2.24) is 15.8 Å². The van der Waals surface area contributed by atoms with Gasteiger partial charge in [0.25, 0.3) is 5.91 Å². The van der Waals surface area contributed by atoms with E-state index in [4.69, 9.17) is 16.3 Å². The highest BCUT2D eigenvalue weighted by Crippen LogP contribution is 2.26. The lowest BCUT2D eigenvalue weighted by Crippen LogP contribution is -2.42. The number of thiazole rings is 1. The molecule has 0 aliphatic carbocycles. The van der Waals surface area contributed by atoms with Gasteiger partial charge in [-0.05, 0) is 29.6 Å². The van der Waals surface area contributed by atoms with Gasteiger partial charge in [-0.2, -0.15) is 11.3 Å². The third-order valence-corrected chi connectivity index (χ3v) is 5.24. The Morgan fingerprint density at radius 1 is 1.23 bits per heavy atom. The number of amides is 2. The van der Waals surface area contributed by atoms with Crippen molar-refractivity contribution in [2.75, 3.05) is 7.11 Å². The zero-order valence-corrected chi connectivity index (χ0v) is 16.0. The summed E-state index contributed by atoms with van der Waals surface area (Å²) in [6.07, 6.45) is 0.0631. The molecule has 1 aromatic carbocycles. The zero-order chi connectivity index (χ0) is 18.5. The number of carbonyl (C=O) groups excluding carboxylic acids is 2. The lowest BCUT2D eigenvalue weighted by Gasteiger charge is -2.10. The van der Waals surface area contributed by atoms with Crippen molar-refractivity contribution in [1.29, 1.82) is 0 Å². The van der Waals surface area contributed by atoms with Crippen molar-refractivity contribution in [3.8, 4) is 16.3 Å². The maximum atomic E-state index is 12.2. The van der Waals surface area contributed by atoms with E-state index >= 15 is 0 Å². The predicted molar refractivity (Wildman–Crippen MR) is 103 cm³/mol. The molecule has 2 amide bonds. The summed E-state index contributed by atoms with van der Waals surface area (Å²) in [5.74, 6) is -0.530. The van der Waals surface area contributed by atoms with Crippen LogP contribution in [0.25, 0.3) is 10.6 Å². The predicted octanol–water partition coefficient (Wildman–Crippen LogP) is 3.54. The molecule has 3 aromatic rings. The van der Waals surface area contributed by atoms with Crippen molar-refractivity contribution in [2.45, 2.75) is 6.42 Å². The molecule has 0 aliphatic rings. The van der Waals surface area contributed by atoms with Crippen LogP contribution in [0.2, 0.25) is 5.02 Å². The maximum absolute atomic E-state index is 12.2. The summed E-state index contributed by atoms with van der Waals surface area (Å²) in [5.41, 5.74) is 6.64. The number of methoxy groups -OCH3 is 1. The van der Waals surface area contributed by atoms with E-state index < -0.39 is 5.91 Å². The number of rotatable bonds is 5. The molecule has 0 radical (unpaired) electrons. The number of carbonyl (C=O) groups is 2. The van der Waals surface area contributed by atoms with Gasteiger partial charge < -0.3 is 4.74 Å². The van der Waals surface area contributed by atoms with Crippen LogP contribution in [0.5, 0.6) is 5.75 Å². The zero-order valence-electron chi connectivity index (χ0n) is 13.6. The van der Waals surface area contributed by atoms with Crippen LogP contribution in [0, 0.1) is 0 Å². The largest absolute Gasteiger partial charge is 0.496 e. The van der Waals surface area contributed by atoms with Gasteiger partial charge in [0.2, 0.25) is 5.91 Å². The molecule has 0 atom stereocenters. The van der Waals surface area contributed by atoms with E-state index in [1.54, 1.807) is 23.5 Å². The molecule has 0 unspecified atom stereocenters. The summed E-state index contributed by atoms with van der Waals surface area (Å²) in [7, 11) is 1.45. The van der Waals surface area contributed by atoms with E-state index in [0.717, 1.165) is 10.6 Å². The smallest absolute Gasteiger partial charge is 0.273 e. The molecule has 0 fully saturated rings. The van der Waals surface area contributed by atoms with Gasteiger partial charge in [0, 0.05) is 21.3 Å². The van der Waals surface area contributed by atoms with E-state index in [-0.39, 0.29) is 17.9 Å². The summed E-state index contributed by atoms with van der Waals surface area (Å²) in [6, 6.07) is 6.64. The first-order valence-electron chi connectivity index (χ1n) is 7.46. The van der Waals surface area contributed by atoms with Gasteiger partial charge in [0.05, 0.1) is 24.8 Å². The molecule has 0 bridgehead atoms. The Labute approximate surface area is 162 Å². The number of halogens is 1. The van der Waals surface area contributed by atoms with Crippen molar-refractivity contribution in [3.05, 3.63) is 56.7 Å². The standard InChI is InChI=1S/C17H14ClN3O3S2/c1-24-14-3-2-11(18)6-13(14)16(23)21-20-15(22)7-12-9-26-17(19-12)10-4-5-25-8-10/h2-6,8-9H,7H2,1H3,(H,20,22)(H,21,23). The first-order chi connectivity index (χ1) is 12.6. The molecule has 2 aromatic heterocycles. The Kier molecular flexibility index (Phi) is 5.87. The minimum Gasteiger partial charge on any atom is -0.496 e. The topological polar surface area (TPSA) is 80.3 Å². The Balaban J connectivity index is 1.57. The summed E-state index contributed by atoms with van der Waals surface area (Å²) in [6.45, 7) is 0. The van der Waals surface area contributed by atoms with Crippen molar-refractivity contribution in [3.63, 3.8) is 0 Å². The number of hydrogen-bond donors (Lipinski definition) is 2. The highest BCUT2D eigenvalue weighted by atomic mass is 35.5. The van der Waals surface area contributed by atoms with E-state index in [1.807, 2.05) is 22.2 Å². The number of thiophene rings is 1. The number of nitrogens with zero attached hydrogens (tertiary/aromatic N) is 1. The van der Waals surface area contributed by atoms with Crippen LogP contribution in [-0.2, 0) is 11.2 Å². The molecule has 134 valence electrons. The number of nitrogens with one attached hydrogen (secondary N) is 2. The monoisotopic (exact) mass is 407 g/mol. The Morgan fingerprint density at radius 2 is 2.08 bits per heavy atom. The molecule has 0 saturated heterocycles. The van der Waals surface area contributed by atoms with Crippen molar-refractivity contribution in [2.24, 2.45) is 0 Å². The van der Waals surface area contributed by atoms with Gasteiger partial charge in [-0.1, -0.05) is 11.6 Å². The van der Waals surface area contributed by atoms with Crippen LogP contribution in [-0.4, -0.2) is 23.9 Å². The Morgan fingerprint density at radius 3 is 2.81 bits per heavy atom. The fraction of sp³-hybridized carbons (Fsp3) is 0.118. The van der Waals surface area contributed by atoms with Crippen molar-refractivity contribution >= 4 is 46.1 Å². The summed E-state index contributed by atoms with van der Waals surface area (Å²) < 4.78 is 5.12. The lowest BCUT2D eigenvalue weighted by molar-refractivity contribution is -0.121. The van der Waals surface area contributed by atoms with Crippen molar-refractivity contribution < 1.29 is 14.3 Å². The highest BCUT2D eigenvalue weighted by Gasteiger charge is 2.15. The first kappa shape index (κ1) is 18.4. The number of benzene rings is 1. The van der Waals surface area contributed by atoms with Crippen LogP contribution in [0.3, 0.4) is 0 Å². The second-order valence-corrected chi connectivity index (χ2v) is 7.25. The van der Waals surface area contributed by atoms with Gasteiger partial charge in [-0.25, -0.2) is 4.98 Å². The quantitative estimate of drug-likeness (QED) is 0.634. The molecule has 9 heteroatoms. The van der Waals surface area contributed by atoms with Gasteiger partial charge in [0.15, 0.2) is 0 Å². The average molecular weight is 408 g/mol. The number of aromatic nitrogens is 1. The minimum absolute atomic E-state index is 0.0631.